The molecule has 0 aromatic heterocycles. The van der Waals surface area contributed by atoms with Gasteiger partial charge in [-0.25, -0.2) is 4.79 Å². The Morgan fingerprint density at radius 3 is 2.00 bits per heavy atom. The first-order chi connectivity index (χ1) is 12.8. The van der Waals surface area contributed by atoms with Crippen LogP contribution in [0.5, 0.6) is 0 Å². The third-order valence-corrected chi connectivity index (χ3v) is 4.52. The van der Waals surface area contributed by atoms with E-state index >= 15 is 0 Å². The molecule has 1 unspecified atom stereocenters. The van der Waals surface area contributed by atoms with Crippen LogP contribution in [0.25, 0.3) is 0 Å². The van der Waals surface area contributed by atoms with E-state index < -0.39 is 23.5 Å². The maximum Gasteiger partial charge on any atom is 0.407 e. The zero-order valence-corrected chi connectivity index (χ0v) is 15.7. The van der Waals surface area contributed by atoms with Gasteiger partial charge in [-0.05, 0) is 26.3 Å². The average molecular weight is 365 g/mol. The lowest BCUT2D eigenvalue weighted by atomic mass is 9.82. The molecular weight excluding hydrogens is 342 g/mol. The van der Waals surface area contributed by atoms with Crippen molar-refractivity contribution in [2.45, 2.75) is 32.3 Å². The van der Waals surface area contributed by atoms with Crippen molar-refractivity contribution >= 4 is 17.7 Å². The minimum absolute atomic E-state index is 0.134. The van der Waals surface area contributed by atoms with Crippen LogP contribution in [0.4, 0.5) is 4.79 Å². The van der Waals surface area contributed by atoms with Crippen molar-refractivity contribution in [2.75, 3.05) is 6.54 Å². The van der Waals surface area contributed by atoms with Gasteiger partial charge < -0.3 is 10.1 Å². The number of rotatable bonds is 4. The maximum atomic E-state index is 12.9. The Labute approximate surface area is 158 Å². The average Bonchev–Trinajstić information content (AvgIpc) is 2.87. The number of Topliss-reactive ketones (excluding diaryl/α,β-unsaturated/α-hetero) is 2. The molecule has 0 radical (unpaired) electrons. The van der Waals surface area contributed by atoms with Crippen molar-refractivity contribution in [3.63, 3.8) is 0 Å². The number of hydrogen-bond donors (Lipinski definition) is 1. The van der Waals surface area contributed by atoms with Crippen LogP contribution in [0.15, 0.2) is 54.6 Å². The van der Waals surface area contributed by atoms with Gasteiger partial charge in [0.25, 0.3) is 0 Å². The molecule has 1 aliphatic carbocycles. The van der Waals surface area contributed by atoms with Gasteiger partial charge in [0.2, 0.25) is 0 Å². The van der Waals surface area contributed by atoms with E-state index in [4.69, 9.17) is 4.74 Å². The number of carbonyl (C=O) groups is 3. The van der Waals surface area contributed by atoms with Gasteiger partial charge in [0.1, 0.15) is 5.60 Å². The predicted molar refractivity (Wildman–Crippen MR) is 102 cm³/mol. The first kappa shape index (κ1) is 18.8. The monoisotopic (exact) mass is 365 g/mol. The van der Waals surface area contributed by atoms with Crippen LogP contribution < -0.4 is 5.32 Å². The predicted octanol–water partition coefficient (Wildman–Crippen LogP) is 3.99. The summed E-state index contributed by atoms with van der Waals surface area (Å²) in [7, 11) is 0. The standard InChI is InChI=1S/C22H23NO4/c1-22(2,3)27-21(26)23-13-17(14-9-5-4-6-10-14)18-19(24)15-11-7-8-12-16(15)20(18)25/h4-12,17-18H,13H2,1-3H3,(H,23,26). The zero-order valence-electron chi connectivity index (χ0n) is 15.7. The molecule has 5 nitrogen and oxygen atoms in total. The van der Waals surface area contributed by atoms with Crippen molar-refractivity contribution in [2.24, 2.45) is 5.92 Å². The highest BCUT2D eigenvalue weighted by atomic mass is 16.6. The highest BCUT2D eigenvalue weighted by Crippen LogP contribution is 2.36. The summed E-state index contributed by atoms with van der Waals surface area (Å²) in [6.45, 7) is 5.47. The molecule has 0 saturated heterocycles. The number of ketones is 2. The second-order valence-electron chi connectivity index (χ2n) is 7.65. The minimum Gasteiger partial charge on any atom is -0.444 e. The van der Waals surface area contributed by atoms with Crippen molar-refractivity contribution in [3.8, 4) is 0 Å². The van der Waals surface area contributed by atoms with Gasteiger partial charge in [-0.1, -0.05) is 54.6 Å². The Morgan fingerprint density at radius 2 is 1.48 bits per heavy atom. The van der Waals surface area contributed by atoms with Crippen LogP contribution in [0, 0.1) is 5.92 Å². The molecule has 3 rings (SSSR count). The summed E-state index contributed by atoms with van der Waals surface area (Å²) >= 11 is 0. The zero-order chi connectivity index (χ0) is 19.6. The van der Waals surface area contributed by atoms with E-state index in [1.54, 1.807) is 45.0 Å². The molecule has 1 aliphatic rings. The lowest BCUT2D eigenvalue weighted by Crippen LogP contribution is -2.38. The molecule has 5 heteroatoms. The molecule has 1 N–H and O–H groups in total. The van der Waals surface area contributed by atoms with E-state index in [1.165, 1.54) is 0 Å². The third-order valence-electron chi connectivity index (χ3n) is 4.52. The van der Waals surface area contributed by atoms with Gasteiger partial charge >= 0.3 is 6.09 Å². The Bertz CT molecular complexity index is 832. The Morgan fingerprint density at radius 1 is 0.963 bits per heavy atom. The number of amides is 1. The topological polar surface area (TPSA) is 72.5 Å². The smallest absolute Gasteiger partial charge is 0.407 e. The van der Waals surface area contributed by atoms with E-state index in [-0.39, 0.29) is 18.1 Å². The number of alkyl carbamates (subject to hydrolysis) is 1. The fourth-order valence-corrected chi connectivity index (χ4v) is 3.37. The first-order valence-electron chi connectivity index (χ1n) is 8.97. The van der Waals surface area contributed by atoms with Crippen LogP contribution in [-0.4, -0.2) is 29.8 Å². The van der Waals surface area contributed by atoms with Crippen molar-refractivity contribution in [1.82, 2.24) is 5.32 Å². The molecule has 0 heterocycles. The third kappa shape index (κ3) is 4.08. The number of hydrogen-bond acceptors (Lipinski definition) is 4. The fraction of sp³-hybridized carbons (Fsp3) is 0.318. The molecule has 1 atom stereocenters. The molecule has 140 valence electrons. The minimum atomic E-state index is -0.847. The molecule has 2 aromatic carbocycles. The summed E-state index contributed by atoms with van der Waals surface area (Å²) in [6.07, 6.45) is -0.571. The van der Waals surface area contributed by atoms with Gasteiger partial charge in [0.15, 0.2) is 11.6 Å². The van der Waals surface area contributed by atoms with E-state index in [0.717, 1.165) is 5.56 Å². The van der Waals surface area contributed by atoms with Gasteiger partial charge in [-0.2, -0.15) is 0 Å². The lowest BCUT2D eigenvalue weighted by molar-refractivity contribution is 0.0514. The molecule has 0 fully saturated rings. The van der Waals surface area contributed by atoms with E-state index in [2.05, 4.69) is 5.32 Å². The molecule has 0 saturated carbocycles. The molecule has 0 bridgehead atoms. The van der Waals surface area contributed by atoms with Crippen LogP contribution >= 0.6 is 0 Å². The number of fused-ring (bicyclic) bond motifs is 1. The highest BCUT2D eigenvalue weighted by molar-refractivity contribution is 6.26. The maximum absolute atomic E-state index is 12.9. The van der Waals surface area contributed by atoms with Gasteiger partial charge in [0, 0.05) is 23.6 Å². The fourth-order valence-electron chi connectivity index (χ4n) is 3.37. The van der Waals surface area contributed by atoms with Gasteiger partial charge in [-0.15, -0.1) is 0 Å². The summed E-state index contributed by atoms with van der Waals surface area (Å²) in [5.41, 5.74) is 1.10. The van der Waals surface area contributed by atoms with Gasteiger partial charge in [-0.3, -0.25) is 9.59 Å². The molecular formula is C22H23NO4. The van der Waals surface area contributed by atoms with E-state index in [1.807, 2.05) is 30.3 Å². The lowest BCUT2D eigenvalue weighted by Gasteiger charge is -2.24. The van der Waals surface area contributed by atoms with Gasteiger partial charge in [0.05, 0.1) is 5.92 Å². The quantitative estimate of drug-likeness (QED) is 0.832. The summed E-state index contributed by atoms with van der Waals surface area (Å²) < 4.78 is 5.28. The Hall–Kier alpha value is -2.95. The second-order valence-corrected chi connectivity index (χ2v) is 7.65. The van der Waals surface area contributed by atoms with Crippen molar-refractivity contribution < 1.29 is 19.1 Å². The van der Waals surface area contributed by atoms with E-state index in [0.29, 0.717) is 11.1 Å². The SMILES string of the molecule is CC(C)(C)OC(=O)NCC(c1ccccc1)C1C(=O)c2ccccc2C1=O. The van der Waals surface area contributed by atoms with Crippen LogP contribution in [0.3, 0.4) is 0 Å². The molecule has 1 amide bonds. The van der Waals surface area contributed by atoms with Crippen LogP contribution in [-0.2, 0) is 4.74 Å². The highest BCUT2D eigenvalue weighted by Gasteiger charge is 2.43. The van der Waals surface area contributed by atoms with Crippen LogP contribution in [0.2, 0.25) is 0 Å². The van der Waals surface area contributed by atoms with E-state index in [9.17, 15) is 14.4 Å². The van der Waals surface area contributed by atoms with Crippen molar-refractivity contribution in [3.05, 3.63) is 71.3 Å². The first-order valence-corrected chi connectivity index (χ1v) is 8.97. The number of benzene rings is 2. The number of carbonyl (C=O) groups excluding carboxylic acids is 3. The van der Waals surface area contributed by atoms with Crippen molar-refractivity contribution in [1.29, 1.82) is 0 Å². The summed E-state index contributed by atoms with van der Waals surface area (Å²) in [4.78, 5) is 37.9. The normalized spacial score (nSPS) is 15.4. The summed E-state index contributed by atoms with van der Waals surface area (Å²) in [6, 6.07) is 16.2. The summed E-state index contributed by atoms with van der Waals surface area (Å²) in [5.74, 6) is -1.71. The summed E-state index contributed by atoms with van der Waals surface area (Å²) in [5, 5.41) is 2.72. The second kappa shape index (κ2) is 7.35. The molecule has 27 heavy (non-hydrogen) atoms. The molecule has 0 aliphatic heterocycles. The number of ether oxygens (including phenoxy) is 1. The number of nitrogens with one attached hydrogen (secondary N) is 1. The largest absolute Gasteiger partial charge is 0.444 e. The molecule has 0 spiro atoms. The Balaban J connectivity index is 1.87. The van der Waals surface area contributed by atoms with Crippen LogP contribution in [0.1, 0.15) is 53.0 Å². The molecule has 2 aromatic rings. The Kier molecular flexibility index (Phi) is 5.13.